The topological polar surface area (TPSA) is 51.8 Å². The van der Waals surface area contributed by atoms with E-state index in [9.17, 15) is 4.39 Å². The summed E-state index contributed by atoms with van der Waals surface area (Å²) in [6.07, 6.45) is 1.76. The van der Waals surface area contributed by atoms with Gasteiger partial charge >= 0.3 is 0 Å². The molecule has 3 rings (SSSR count). The number of aromatic nitrogens is 3. The lowest BCUT2D eigenvalue weighted by atomic mass is 10.1. The summed E-state index contributed by atoms with van der Waals surface area (Å²) in [5.74, 6) is 0.630. The molecule has 0 saturated heterocycles. The van der Waals surface area contributed by atoms with Gasteiger partial charge in [0, 0.05) is 17.1 Å². The van der Waals surface area contributed by atoms with Crippen LogP contribution in [-0.2, 0) is 0 Å². The van der Waals surface area contributed by atoms with Crippen molar-refractivity contribution in [3.05, 3.63) is 47.0 Å². The van der Waals surface area contributed by atoms with Crippen LogP contribution in [0, 0.1) is 12.7 Å². The average molecular weight is 321 g/mol. The molecule has 21 heavy (non-hydrogen) atoms. The van der Waals surface area contributed by atoms with Crippen LogP contribution in [0.2, 0.25) is 0 Å². The van der Waals surface area contributed by atoms with Crippen molar-refractivity contribution in [1.29, 1.82) is 0 Å². The fraction of sp³-hybridized carbons (Fsp3) is 0.214. The Bertz CT molecular complexity index is 743. The van der Waals surface area contributed by atoms with Crippen LogP contribution in [0.4, 0.5) is 4.39 Å². The van der Waals surface area contributed by atoms with Crippen LogP contribution in [0.5, 0.6) is 0 Å². The summed E-state index contributed by atoms with van der Waals surface area (Å²) in [5.41, 5.74) is 1.20. The van der Waals surface area contributed by atoms with E-state index in [2.05, 4.69) is 15.1 Å². The Morgan fingerprint density at radius 2 is 2.24 bits per heavy atom. The van der Waals surface area contributed by atoms with Gasteiger partial charge in [-0.1, -0.05) is 29.1 Å². The Morgan fingerprint density at radius 3 is 2.95 bits per heavy atom. The van der Waals surface area contributed by atoms with Crippen molar-refractivity contribution in [2.24, 2.45) is 0 Å². The first-order valence-electron chi connectivity index (χ1n) is 6.30. The van der Waals surface area contributed by atoms with Gasteiger partial charge in [0.1, 0.15) is 5.82 Å². The molecule has 2 heterocycles. The molecule has 4 nitrogen and oxygen atoms in total. The summed E-state index contributed by atoms with van der Waals surface area (Å²) in [6, 6.07) is 4.91. The van der Waals surface area contributed by atoms with Crippen LogP contribution < -0.4 is 0 Å². The van der Waals surface area contributed by atoms with Crippen molar-refractivity contribution in [3.63, 3.8) is 0 Å². The second-order valence-corrected chi connectivity index (χ2v) is 6.96. The Labute approximate surface area is 129 Å². The maximum atomic E-state index is 13.6. The Kier molecular flexibility index (Phi) is 4.03. The SMILES string of the molecule is Cc1ccc(-c2noc(C(C)Sc3nccs3)n2)cc1F. The zero-order valence-electron chi connectivity index (χ0n) is 11.4. The maximum Gasteiger partial charge on any atom is 0.240 e. The smallest absolute Gasteiger partial charge is 0.240 e. The van der Waals surface area contributed by atoms with Crippen molar-refractivity contribution >= 4 is 23.1 Å². The molecule has 0 N–H and O–H groups in total. The fourth-order valence-corrected chi connectivity index (χ4v) is 3.52. The Balaban J connectivity index is 1.80. The molecule has 0 aliphatic rings. The number of hydrogen-bond acceptors (Lipinski definition) is 6. The minimum atomic E-state index is -0.274. The van der Waals surface area contributed by atoms with Crippen molar-refractivity contribution in [1.82, 2.24) is 15.1 Å². The molecule has 108 valence electrons. The van der Waals surface area contributed by atoms with E-state index in [1.807, 2.05) is 12.3 Å². The lowest BCUT2D eigenvalue weighted by molar-refractivity contribution is 0.381. The van der Waals surface area contributed by atoms with E-state index < -0.39 is 0 Å². The first kappa shape index (κ1) is 14.2. The van der Waals surface area contributed by atoms with Crippen LogP contribution in [0.1, 0.15) is 23.6 Å². The van der Waals surface area contributed by atoms with Gasteiger partial charge in [-0.25, -0.2) is 9.37 Å². The highest BCUT2D eigenvalue weighted by Gasteiger charge is 2.18. The first-order valence-corrected chi connectivity index (χ1v) is 8.05. The number of rotatable bonds is 4. The largest absolute Gasteiger partial charge is 0.338 e. The van der Waals surface area contributed by atoms with E-state index >= 15 is 0 Å². The minimum Gasteiger partial charge on any atom is -0.338 e. The third kappa shape index (κ3) is 3.14. The molecule has 7 heteroatoms. The molecule has 0 saturated carbocycles. The molecule has 2 aromatic heterocycles. The number of nitrogens with zero attached hydrogens (tertiary/aromatic N) is 3. The van der Waals surface area contributed by atoms with Gasteiger partial charge in [-0.15, -0.1) is 11.3 Å². The van der Waals surface area contributed by atoms with Crippen molar-refractivity contribution in [2.45, 2.75) is 23.4 Å². The van der Waals surface area contributed by atoms with Gasteiger partial charge in [0.15, 0.2) is 4.34 Å². The van der Waals surface area contributed by atoms with E-state index in [0.717, 1.165) is 4.34 Å². The molecule has 0 fully saturated rings. The molecule has 0 bridgehead atoms. The monoisotopic (exact) mass is 321 g/mol. The van der Waals surface area contributed by atoms with E-state index in [1.54, 1.807) is 48.4 Å². The summed E-state index contributed by atoms with van der Waals surface area (Å²) < 4.78 is 19.8. The number of thiazole rings is 1. The summed E-state index contributed by atoms with van der Waals surface area (Å²) in [7, 11) is 0. The normalized spacial score (nSPS) is 12.5. The second kappa shape index (κ2) is 5.95. The number of thioether (sulfide) groups is 1. The molecule has 1 unspecified atom stereocenters. The van der Waals surface area contributed by atoms with Crippen LogP contribution in [-0.4, -0.2) is 15.1 Å². The zero-order chi connectivity index (χ0) is 14.8. The van der Waals surface area contributed by atoms with Crippen molar-refractivity contribution < 1.29 is 8.91 Å². The van der Waals surface area contributed by atoms with Gasteiger partial charge in [0.25, 0.3) is 0 Å². The number of halogens is 1. The van der Waals surface area contributed by atoms with Crippen LogP contribution in [0.3, 0.4) is 0 Å². The van der Waals surface area contributed by atoms with Crippen molar-refractivity contribution in [2.75, 3.05) is 0 Å². The van der Waals surface area contributed by atoms with Crippen LogP contribution in [0.25, 0.3) is 11.4 Å². The Morgan fingerprint density at radius 1 is 1.38 bits per heavy atom. The van der Waals surface area contributed by atoms with Gasteiger partial charge in [0.2, 0.25) is 11.7 Å². The first-order chi connectivity index (χ1) is 10.1. The lowest BCUT2D eigenvalue weighted by Gasteiger charge is -2.02. The maximum absolute atomic E-state index is 13.6. The van der Waals surface area contributed by atoms with E-state index in [-0.39, 0.29) is 11.1 Å². The standard InChI is InChI=1S/C14H12FN3OS2/c1-8-3-4-10(7-11(8)15)12-17-13(19-18-12)9(2)21-14-16-5-6-20-14/h3-7,9H,1-2H3. The summed E-state index contributed by atoms with van der Waals surface area (Å²) in [6.45, 7) is 3.69. The third-order valence-electron chi connectivity index (χ3n) is 2.91. The molecule has 0 radical (unpaired) electrons. The molecule has 0 amide bonds. The Hall–Kier alpha value is -1.73. The third-order valence-corrected chi connectivity index (χ3v) is 4.91. The minimum absolute atomic E-state index is 0.00676. The summed E-state index contributed by atoms with van der Waals surface area (Å²) in [5, 5.41) is 5.84. The van der Waals surface area contributed by atoms with Crippen LogP contribution >= 0.6 is 23.1 Å². The van der Waals surface area contributed by atoms with Gasteiger partial charge < -0.3 is 4.52 Å². The zero-order valence-corrected chi connectivity index (χ0v) is 13.0. The fourth-order valence-electron chi connectivity index (χ4n) is 1.72. The molecule has 3 aromatic rings. The highest BCUT2D eigenvalue weighted by atomic mass is 32.2. The molecule has 0 spiro atoms. The molecule has 0 aliphatic heterocycles. The second-order valence-electron chi connectivity index (χ2n) is 4.48. The molecular formula is C14H12FN3OS2. The highest BCUT2D eigenvalue weighted by molar-refractivity contribution is 8.01. The predicted molar refractivity (Wildman–Crippen MR) is 80.8 cm³/mol. The number of aryl methyl sites for hydroxylation is 1. The number of benzene rings is 1. The molecule has 1 aromatic carbocycles. The van der Waals surface area contributed by atoms with E-state index in [1.165, 1.54) is 6.07 Å². The quantitative estimate of drug-likeness (QED) is 0.662. The molecule has 0 aliphatic carbocycles. The highest BCUT2D eigenvalue weighted by Crippen LogP contribution is 2.35. The van der Waals surface area contributed by atoms with E-state index in [0.29, 0.717) is 22.8 Å². The van der Waals surface area contributed by atoms with Gasteiger partial charge in [-0.05, 0) is 25.5 Å². The van der Waals surface area contributed by atoms with Crippen molar-refractivity contribution in [3.8, 4) is 11.4 Å². The van der Waals surface area contributed by atoms with Gasteiger partial charge in [-0.3, -0.25) is 0 Å². The predicted octanol–water partition coefficient (Wildman–Crippen LogP) is 4.49. The summed E-state index contributed by atoms with van der Waals surface area (Å²) >= 11 is 3.12. The molecule has 1 atom stereocenters. The van der Waals surface area contributed by atoms with E-state index in [4.69, 9.17) is 4.52 Å². The average Bonchev–Trinajstić information content (AvgIpc) is 3.12. The lowest BCUT2D eigenvalue weighted by Crippen LogP contribution is -1.89. The van der Waals surface area contributed by atoms with Gasteiger partial charge in [0.05, 0.1) is 5.25 Å². The molecular weight excluding hydrogens is 309 g/mol. The van der Waals surface area contributed by atoms with Crippen LogP contribution in [0.15, 0.2) is 38.6 Å². The summed E-state index contributed by atoms with van der Waals surface area (Å²) in [4.78, 5) is 8.55. The van der Waals surface area contributed by atoms with Gasteiger partial charge in [-0.2, -0.15) is 4.98 Å². The number of hydrogen-bond donors (Lipinski definition) is 0.